The summed E-state index contributed by atoms with van der Waals surface area (Å²) in [6.45, 7) is 4.24. The van der Waals surface area contributed by atoms with Crippen molar-refractivity contribution in [3.05, 3.63) is 42.7 Å². The standard InChI is InChI=1S/C12H14FO.BrH.Zn/c1-2-3-4-5-9-14-12-8-6-7-11(13)10-12;;/h2,6-7,10H,1,3-5,9H2;1H;/q-1;;+2/p-1. The van der Waals surface area contributed by atoms with E-state index < -0.39 is 0 Å². The molecule has 0 N–H and O–H groups in total. The van der Waals surface area contributed by atoms with Crippen LogP contribution in [0.1, 0.15) is 19.3 Å². The quantitative estimate of drug-likeness (QED) is 0.327. The van der Waals surface area contributed by atoms with Gasteiger partial charge in [-0.25, -0.2) is 4.39 Å². The van der Waals surface area contributed by atoms with Crippen LogP contribution in [0.5, 0.6) is 5.75 Å². The van der Waals surface area contributed by atoms with E-state index in [4.69, 9.17) is 4.74 Å². The summed E-state index contributed by atoms with van der Waals surface area (Å²) in [7, 11) is 0. The molecule has 1 aromatic carbocycles. The molecule has 0 aliphatic carbocycles. The van der Waals surface area contributed by atoms with Crippen LogP contribution < -0.4 is 4.74 Å². The van der Waals surface area contributed by atoms with Crippen molar-refractivity contribution in [3.8, 4) is 5.75 Å². The summed E-state index contributed by atoms with van der Waals surface area (Å²) in [5, 5.41) is 0. The Morgan fingerprint density at radius 1 is 1.50 bits per heavy atom. The molecule has 0 radical (unpaired) electrons. The Morgan fingerprint density at radius 2 is 2.25 bits per heavy atom. The Hall–Kier alpha value is -0.207. The molecule has 84 valence electrons. The van der Waals surface area contributed by atoms with Crippen molar-refractivity contribution in [2.45, 2.75) is 19.3 Å². The number of benzene rings is 1. The molecule has 0 amide bonds. The fourth-order valence-corrected chi connectivity index (χ4v) is 1.07. The van der Waals surface area contributed by atoms with E-state index in [1.807, 2.05) is 6.08 Å². The number of ether oxygens (including phenoxy) is 1. The van der Waals surface area contributed by atoms with Gasteiger partial charge in [0, 0.05) is 11.6 Å². The van der Waals surface area contributed by atoms with Gasteiger partial charge in [0.2, 0.25) is 0 Å². The van der Waals surface area contributed by atoms with Gasteiger partial charge in [-0.2, -0.15) is 6.07 Å². The molecular formula is C12H14BrFOZn. The zero-order valence-electron chi connectivity index (χ0n) is 9.22. The number of hydrogen-bond acceptors (Lipinski definition) is 1. The molecule has 0 aromatic heterocycles. The Morgan fingerprint density at radius 3 is 2.88 bits per heavy atom. The molecule has 1 nitrogen and oxygen atoms in total. The van der Waals surface area contributed by atoms with E-state index >= 15 is 0 Å². The molecule has 0 saturated heterocycles. The summed E-state index contributed by atoms with van der Waals surface area (Å²) in [6, 6.07) is 7.03. The van der Waals surface area contributed by atoms with E-state index in [1.54, 1.807) is 0 Å². The van der Waals surface area contributed by atoms with Gasteiger partial charge in [-0.1, -0.05) is 12.1 Å². The van der Waals surface area contributed by atoms with E-state index in [0.717, 1.165) is 19.3 Å². The van der Waals surface area contributed by atoms with Gasteiger partial charge in [-0.05, 0) is 19.3 Å². The predicted octanol–water partition coefficient (Wildman–Crippen LogP) is 4.20. The second-order valence-corrected chi connectivity index (χ2v) is 3.00. The second kappa shape index (κ2) is 11.3. The Labute approximate surface area is 113 Å². The van der Waals surface area contributed by atoms with Crippen molar-refractivity contribution in [2.24, 2.45) is 0 Å². The molecule has 0 aliphatic heterocycles. The molecule has 4 heteroatoms. The average Bonchev–Trinajstić information content (AvgIpc) is 2.32. The van der Waals surface area contributed by atoms with Gasteiger partial charge < -0.3 is 4.74 Å². The van der Waals surface area contributed by atoms with Gasteiger partial charge in [0.05, 0.1) is 6.61 Å². The third-order valence-electron chi connectivity index (χ3n) is 1.80. The second-order valence-electron chi connectivity index (χ2n) is 3.00. The van der Waals surface area contributed by atoms with Crippen LogP contribution in [0.4, 0.5) is 4.39 Å². The number of allylic oxidation sites excluding steroid dienone is 1. The zero-order valence-corrected chi connectivity index (χ0v) is 13.8. The minimum absolute atomic E-state index is 0.287. The summed E-state index contributed by atoms with van der Waals surface area (Å²) in [4.78, 5) is 0. The summed E-state index contributed by atoms with van der Waals surface area (Å²) in [5.41, 5.74) is 0. The normalized spacial score (nSPS) is 9.00. The molecule has 16 heavy (non-hydrogen) atoms. The molecular weight excluding hydrogens is 324 g/mol. The number of rotatable bonds is 6. The molecule has 1 rings (SSSR count). The summed E-state index contributed by atoms with van der Waals surface area (Å²) in [6.07, 6.45) is 4.89. The van der Waals surface area contributed by atoms with Crippen LogP contribution in [0.25, 0.3) is 0 Å². The summed E-state index contributed by atoms with van der Waals surface area (Å²) in [5.74, 6) is 0.188. The maximum absolute atomic E-state index is 12.7. The first-order valence-electron chi connectivity index (χ1n) is 5.00. The first-order chi connectivity index (χ1) is 7.83. The van der Waals surface area contributed by atoms with Gasteiger partial charge in [0.15, 0.2) is 0 Å². The Kier molecular flexibility index (Phi) is 11.1. The predicted molar refractivity (Wildman–Crippen MR) is 63.7 cm³/mol. The fraction of sp³-hybridized carbons (Fsp3) is 0.333. The van der Waals surface area contributed by atoms with Gasteiger partial charge in [-0.3, -0.25) is 0 Å². The van der Waals surface area contributed by atoms with E-state index in [2.05, 4.69) is 26.3 Å². The Balaban J connectivity index is 0.00000106. The van der Waals surface area contributed by atoms with Gasteiger partial charge in [0.1, 0.15) is 0 Å². The van der Waals surface area contributed by atoms with Gasteiger partial charge >= 0.3 is 30.0 Å². The Bertz CT molecular complexity index is 294. The molecule has 0 fully saturated rings. The van der Waals surface area contributed by atoms with Crippen LogP contribution in [0.15, 0.2) is 30.9 Å². The third kappa shape index (κ3) is 8.01. The number of hydrogen-bond donors (Lipinski definition) is 0. The number of halogens is 2. The molecule has 1 aromatic rings. The van der Waals surface area contributed by atoms with E-state index in [1.165, 1.54) is 34.5 Å². The van der Waals surface area contributed by atoms with Crippen molar-refractivity contribution in [3.63, 3.8) is 0 Å². The molecule has 0 unspecified atom stereocenters. The summed E-state index contributed by atoms with van der Waals surface area (Å²) < 4.78 is 18.0. The fourth-order valence-electron chi connectivity index (χ4n) is 1.07. The van der Waals surface area contributed by atoms with Crippen molar-refractivity contribution < 1.29 is 25.5 Å². The topological polar surface area (TPSA) is 9.23 Å². The van der Waals surface area contributed by atoms with Crippen molar-refractivity contribution in [2.75, 3.05) is 6.61 Å². The van der Waals surface area contributed by atoms with E-state index in [0.29, 0.717) is 12.4 Å². The zero-order chi connectivity index (χ0) is 12.2. The molecule has 0 aliphatic rings. The van der Waals surface area contributed by atoms with E-state index in [9.17, 15) is 4.39 Å². The molecule has 0 saturated carbocycles. The third-order valence-corrected chi connectivity index (χ3v) is 1.80. The summed E-state index contributed by atoms with van der Waals surface area (Å²) >= 11 is 4.25. The molecule has 0 spiro atoms. The van der Waals surface area contributed by atoms with Crippen molar-refractivity contribution in [1.29, 1.82) is 0 Å². The molecule has 0 heterocycles. The monoisotopic (exact) mass is 336 g/mol. The molecule has 0 bridgehead atoms. The van der Waals surface area contributed by atoms with Crippen LogP contribution in [-0.2, 0) is 16.3 Å². The van der Waals surface area contributed by atoms with Gasteiger partial charge in [0.25, 0.3) is 0 Å². The van der Waals surface area contributed by atoms with Crippen LogP contribution in [0, 0.1) is 11.9 Å². The molecule has 0 atom stereocenters. The minimum atomic E-state index is -0.287. The first kappa shape index (κ1) is 15.8. The van der Waals surface area contributed by atoms with Crippen molar-refractivity contribution in [1.82, 2.24) is 0 Å². The first-order valence-corrected chi connectivity index (χ1v) is 12.0. The number of unbranched alkanes of at least 4 members (excludes halogenated alkanes) is 2. The van der Waals surface area contributed by atoms with Crippen LogP contribution >= 0.6 is 13.6 Å². The van der Waals surface area contributed by atoms with Gasteiger partial charge in [-0.15, -0.1) is 18.7 Å². The van der Waals surface area contributed by atoms with Crippen LogP contribution in [0.2, 0.25) is 0 Å². The average molecular weight is 339 g/mol. The van der Waals surface area contributed by atoms with Crippen molar-refractivity contribution >= 4 is 13.6 Å². The van der Waals surface area contributed by atoms with Crippen LogP contribution in [-0.4, -0.2) is 6.61 Å². The SMILES string of the molecule is C=CCCCCOc1[c-]ccc(F)c1.[Zn+][Br]. The maximum atomic E-state index is 12.7. The van der Waals surface area contributed by atoms with Crippen LogP contribution in [0.3, 0.4) is 0 Å². The van der Waals surface area contributed by atoms with E-state index in [-0.39, 0.29) is 5.82 Å².